The monoisotopic (exact) mass is 735 g/mol. The Morgan fingerprint density at radius 3 is 2.49 bits per heavy atom. The third-order valence-corrected chi connectivity index (χ3v) is 7.90. The fraction of sp³-hybridized carbons (Fsp3) is 0.0667. The van der Waals surface area contributed by atoms with E-state index < -0.39 is 0 Å². The van der Waals surface area contributed by atoms with Gasteiger partial charge in [-0.05, 0) is 13.8 Å². The van der Waals surface area contributed by atoms with Crippen molar-refractivity contribution in [2.75, 3.05) is 0 Å². The van der Waals surface area contributed by atoms with Gasteiger partial charge in [-0.15, -0.1) is 0 Å². The van der Waals surface area contributed by atoms with Gasteiger partial charge in [0.25, 0.3) is 0 Å². The molecule has 7 heteroatoms. The van der Waals surface area contributed by atoms with Crippen molar-refractivity contribution in [1.82, 2.24) is 4.98 Å². The third-order valence-electron chi connectivity index (χ3n) is 5.51. The first kappa shape index (κ1) is 26.7. The number of aliphatic hydroxyl groups excluding tert-OH is 1. The summed E-state index contributed by atoms with van der Waals surface area (Å²) >= 11 is 0.160. The third kappa shape index (κ3) is 5.81. The molecule has 0 atom stereocenters. The SMILES string of the molecule is CC(=O)/C=C(/C)O.Fc1ccc(-c2cc3nc(-c4[c-]ccc5c4oc4ccccc45)ccc3[se]2)cc1.[Ir]. The van der Waals surface area contributed by atoms with Gasteiger partial charge in [0.2, 0.25) is 0 Å². The van der Waals surface area contributed by atoms with Gasteiger partial charge in [-0.1, -0.05) is 0 Å². The molecule has 0 fully saturated rings. The second-order valence-electron chi connectivity index (χ2n) is 8.29. The van der Waals surface area contributed by atoms with Gasteiger partial charge in [-0.25, -0.2) is 0 Å². The maximum absolute atomic E-state index is 13.2. The number of aromatic nitrogens is 1. The van der Waals surface area contributed by atoms with E-state index in [0.717, 1.165) is 44.3 Å². The zero-order valence-electron chi connectivity index (χ0n) is 19.9. The van der Waals surface area contributed by atoms with Gasteiger partial charge in [0.1, 0.15) is 0 Å². The number of para-hydroxylation sites is 1. The number of pyridine rings is 1. The number of benzene rings is 3. The molecule has 1 N–H and O–H groups in total. The maximum Gasteiger partial charge on any atom is 0 e. The summed E-state index contributed by atoms with van der Waals surface area (Å²) in [6.07, 6.45) is 1.17. The molecule has 37 heavy (non-hydrogen) atoms. The molecular weight excluding hydrogens is 713 g/mol. The van der Waals surface area contributed by atoms with E-state index in [9.17, 15) is 9.18 Å². The summed E-state index contributed by atoms with van der Waals surface area (Å²) in [7, 11) is 0. The van der Waals surface area contributed by atoms with E-state index in [0.29, 0.717) is 0 Å². The van der Waals surface area contributed by atoms with Crippen molar-refractivity contribution in [3.63, 3.8) is 0 Å². The van der Waals surface area contributed by atoms with E-state index in [1.807, 2.05) is 48.5 Å². The van der Waals surface area contributed by atoms with Crippen molar-refractivity contribution in [3.8, 4) is 21.3 Å². The van der Waals surface area contributed by atoms with Crippen LogP contribution in [0.3, 0.4) is 0 Å². The van der Waals surface area contributed by atoms with Crippen LogP contribution in [0.15, 0.2) is 95.1 Å². The number of halogens is 1. The average Bonchev–Trinajstić information content (AvgIpc) is 3.45. The zero-order valence-corrected chi connectivity index (χ0v) is 24.0. The predicted molar refractivity (Wildman–Crippen MR) is 143 cm³/mol. The van der Waals surface area contributed by atoms with E-state index in [-0.39, 0.29) is 52.0 Å². The molecule has 0 bridgehead atoms. The molecule has 6 aromatic rings. The smallest absolute Gasteiger partial charge is 0 e. The summed E-state index contributed by atoms with van der Waals surface area (Å²) in [5, 5.41) is 10.5. The Balaban J connectivity index is 0.000000356. The number of nitrogens with zero attached hydrogens (tertiary/aromatic N) is 1. The molecule has 0 aliphatic rings. The molecule has 1 radical (unpaired) electrons. The van der Waals surface area contributed by atoms with Crippen molar-refractivity contribution in [3.05, 3.63) is 103 Å². The molecule has 3 heterocycles. The summed E-state index contributed by atoms with van der Waals surface area (Å²) in [4.78, 5) is 14.9. The van der Waals surface area contributed by atoms with E-state index in [4.69, 9.17) is 14.5 Å². The first-order chi connectivity index (χ1) is 17.4. The maximum atomic E-state index is 13.2. The van der Waals surface area contributed by atoms with Crippen LogP contribution in [-0.2, 0) is 24.9 Å². The van der Waals surface area contributed by atoms with Crippen molar-refractivity contribution in [2.45, 2.75) is 13.8 Å². The number of ketones is 1. The average molecular weight is 734 g/mol. The molecular formula is C30H21FIrNO3Se-. The molecule has 187 valence electrons. The molecule has 0 saturated heterocycles. The number of carbonyl (C=O) groups is 1. The Morgan fingerprint density at radius 1 is 1.03 bits per heavy atom. The topological polar surface area (TPSA) is 63.3 Å². The minimum Gasteiger partial charge on any atom is 0 e. The van der Waals surface area contributed by atoms with Gasteiger partial charge >= 0.3 is 172 Å². The quantitative estimate of drug-likeness (QED) is 0.0887. The summed E-state index contributed by atoms with van der Waals surface area (Å²) < 4.78 is 21.8. The van der Waals surface area contributed by atoms with Crippen LogP contribution in [0.2, 0.25) is 0 Å². The van der Waals surface area contributed by atoms with Crippen molar-refractivity contribution < 1.29 is 38.8 Å². The summed E-state index contributed by atoms with van der Waals surface area (Å²) in [5.74, 6) is -0.278. The number of hydrogen-bond donors (Lipinski definition) is 1. The van der Waals surface area contributed by atoms with Crippen LogP contribution in [0.5, 0.6) is 0 Å². The van der Waals surface area contributed by atoms with E-state index in [1.165, 1.54) is 40.8 Å². The molecule has 4 nitrogen and oxygen atoms in total. The fourth-order valence-electron chi connectivity index (χ4n) is 3.99. The Kier molecular flexibility index (Phi) is 8.21. The summed E-state index contributed by atoms with van der Waals surface area (Å²) in [6.45, 7) is 2.85. The van der Waals surface area contributed by atoms with Gasteiger partial charge in [0.05, 0.1) is 5.76 Å². The number of hydrogen-bond acceptors (Lipinski definition) is 4. The van der Waals surface area contributed by atoms with Gasteiger partial charge in [-0.3, -0.25) is 4.79 Å². The number of furan rings is 1. The Bertz CT molecular complexity index is 1750. The number of allylic oxidation sites excluding steroid dienone is 2. The molecule has 0 saturated carbocycles. The minimum atomic E-state index is -0.216. The first-order valence-electron chi connectivity index (χ1n) is 11.3. The first-order valence-corrected chi connectivity index (χ1v) is 13.0. The normalized spacial score (nSPS) is 11.3. The van der Waals surface area contributed by atoms with Gasteiger partial charge in [0, 0.05) is 26.2 Å². The van der Waals surface area contributed by atoms with Crippen LogP contribution in [0.25, 0.3) is 53.0 Å². The molecule has 0 aliphatic heterocycles. The molecule has 0 unspecified atom stereocenters. The van der Waals surface area contributed by atoms with Crippen molar-refractivity contribution in [1.29, 1.82) is 0 Å². The molecule has 0 aliphatic carbocycles. The van der Waals surface area contributed by atoms with Crippen LogP contribution < -0.4 is 0 Å². The summed E-state index contributed by atoms with van der Waals surface area (Å²) in [6, 6.07) is 28.3. The number of aliphatic hydroxyl groups is 1. The van der Waals surface area contributed by atoms with Crippen molar-refractivity contribution >= 4 is 52.0 Å². The predicted octanol–water partition coefficient (Wildman–Crippen LogP) is 7.50. The zero-order chi connectivity index (χ0) is 25.2. The van der Waals surface area contributed by atoms with E-state index >= 15 is 0 Å². The van der Waals surface area contributed by atoms with E-state index in [2.05, 4.69) is 24.3 Å². The second kappa shape index (κ2) is 11.4. The molecule has 3 aromatic heterocycles. The van der Waals surface area contributed by atoms with Gasteiger partial charge < -0.3 is 5.11 Å². The van der Waals surface area contributed by atoms with Gasteiger partial charge in [-0.2, -0.15) is 0 Å². The number of carbonyl (C=O) groups excluding carboxylic acids is 1. The summed E-state index contributed by atoms with van der Waals surface area (Å²) in [5.41, 5.74) is 5.43. The Morgan fingerprint density at radius 2 is 1.78 bits per heavy atom. The second-order valence-corrected chi connectivity index (χ2v) is 10.6. The van der Waals surface area contributed by atoms with Crippen LogP contribution in [-0.4, -0.2) is 30.4 Å². The molecule has 6 rings (SSSR count). The van der Waals surface area contributed by atoms with Crippen LogP contribution >= 0.6 is 0 Å². The number of fused-ring (bicyclic) bond motifs is 4. The number of rotatable bonds is 3. The molecule has 0 amide bonds. The Hall–Kier alpha value is -3.34. The molecule has 0 spiro atoms. The minimum absolute atomic E-state index is 0. The Labute approximate surface area is 232 Å². The van der Waals surface area contributed by atoms with Crippen molar-refractivity contribution in [2.24, 2.45) is 0 Å². The largest absolute Gasteiger partial charge is 0 e. The van der Waals surface area contributed by atoms with Gasteiger partial charge in [0.15, 0.2) is 5.78 Å². The van der Waals surface area contributed by atoms with Crippen LogP contribution in [0.4, 0.5) is 4.39 Å². The fourth-order valence-corrected chi connectivity index (χ4v) is 6.11. The molecule has 3 aromatic carbocycles. The van der Waals surface area contributed by atoms with Crippen LogP contribution in [0.1, 0.15) is 13.8 Å². The van der Waals surface area contributed by atoms with E-state index in [1.54, 1.807) is 0 Å². The van der Waals surface area contributed by atoms with Crippen LogP contribution in [0, 0.1) is 11.9 Å². The standard InChI is InChI=1S/C25H13FNOSe.C5H8O2.Ir/c26-16-10-8-15(9-11-16)24-14-21-23(29-24)13-12-20(27-21)19-6-3-5-18-17-4-1-2-7-22(17)28-25(18)19;1-4(6)3-5(2)7;/h1-5,7-14H;3,6H,1-2H3;/q-1;;/b;4-3-;.